The topological polar surface area (TPSA) is 114 Å². The van der Waals surface area contributed by atoms with Gasteiger partial charge in [-0.1, -0.05) is 30.3 Å². The zero-order valence-electron chi connectivity index (χ0n) is 18.5. The number of sulfonamides is 1. The summed E-state index contributed by atoms with van der Waals surface area (Å²) in [5, 5.41) is 5.19. The minimum Gasteiger partial charge on any atom is -0.406 e. The van der Waals surface area contributed by atoms with Crippen LogP contribution < -0.4 is 20.1 Å². The number of benzene rings is 3. The summed E-state index contributed by atoms with van der Waals surface area (Å²) >= 11 is 0. The van der Waals surface area contributed by atoms with Crippen LogP contribution in [0, 0.1) is 0 Å². The summed E-state index contributed by atoms with van der Waals surface area (Å²) in [5.74, 6) is -1.38. The fourth-order valence-corrected chi connectivity index (χ4v) is 4.86. The second-order valence-electron chi connectivity index (χ2n) is 7.89. The first-order valence-corrected chi connectivity index (χ1v) is 12.2. The predicted molar refractivity (Wildman–Crippen MR) is 125 cm³/mol. The molecule has 0 aromatic heterocycles. The molecule has 1 aliphatic heterocycles. The first-order valence-electron chi connectivity index (χ1n) is 10.7. The van der Waals surface area contributed by atoms with Crippen molar-refractivity contribution in [2.24, 2.45) is 0 Å². The quantitative estimate of drug-likeness (QED) is 0.435. The number of halogens is 3. The molecule has 0 fully saturated rings. The summed E-state index contributed by atoms with van der Waals surface area (Å²) in [4.78, 5) is 24.6. The van der Waals surface area contributed by atoms with Gasteiger partial charge in [0.1, 0.15) is 11.8 Å². The van der Waals surface area contributed by atoms with E-state index in [9.17, 15) is 31.2 Å². The number of alkyl halides is 3. The minimum atomic E-state index is -4.86. The van der Waals surface area contributed by atoms with Gasteiger partial charge in [0.15, 0.2) is 0 Å². The van der Waals surface area contributed by atoms with Crippen LogP contribution in [0.1, 0.15) is 23.6 Å². The summed E-state index contributed by atoms with van der Waals surface area (Å²) in [5.41, 5.74) is 1.67. The number of aryl methyl sites for hydroxylation is 1. The first kappa shape index (κ1) is 25.2. The standard InChI is InChI=1S/C24H20F3N3O5S/c25-24(26,27)35-18-9-7-17(8-10-18)28-23(32)22(15-4-2-1-3-5-15)30-36(33,34)19-11-12-20-16(14-19)6-13-21(31)29-20/h1-5,7-12,14,22,30H,6,13H2,(H,28,32)(H,29,31)/t22-/m0/s1. The molecule has 12 heteroatoms. The maximum atomic E-state index is 13.2. The van der Waals surface area contributed by atoms with Gasteiger partial charge in [0.05, 0.1) is 4.90 Å². The molecule has 188 valence electrons. The van der Waals surface area contributed by atoms with E-state index in [1.165, 1.54) is 30.3 Å². The van der Waals surface area contributed by atoms with E-state index in [4.69, 9.17) is 0 Å². The molecule has 4 rings (SSSR count). The molecular formula is C24H20F3N3O5S. The number of rotatable bonds is 7. The molecule has 1 heterocycles. The van der Waals surface area contributed by atoms with Crippen LogP contribution in [0.4, 0.5) is 24.5 Å². The number of nitrogens with one attached hydrogen (secondary N) is 3. The van der Waals surface area contributed by atoms with Crippen molar-refractivity contribution in [2.75, 3.05) is 10.6 Å². The lowest BCUT2D eigenvalue weighted by Crippen LogP contribution is -2.37. The maximum Gasteiger partial charge on any atom is 0.573 e. The molecule has 0 spiro atoms. The number of carbonyl (C=O) groups is 2. The summed E-state index contributed by atoms with van der Waals surface area (Å²) in [7, 11) is -4.19. The van der Waals surface area contributed by atoms with E-state index >= 15 is 0 Å². The third kappa shape index (κ3) is 6.20. The SMILES string of the molecule is O=C1CCc2cc(S(=O)(=O)N[C@H](C(=O)Nc3ccc(OC(F)(F)F)cc3)c3ccccc3)ccc2N1. The predicted octanol–water partition coefficient (Wildman–Crippen LogP) is 4.13. The zero-order chi connectivity index (χ0) is 25.9. The highest BCUT2D eigenvalue weighted by Gasteiger charge is 2.31. The molecule has 0 bridgehead atoms. The lowest BCUT2D eigenvalue weighted by atomic mass is 10.0. The van der Waals surface area contributed by atoms with Crippen molar-refractivity contribution in [3.05, 3.63) is 83.9 Å². The fourth-order valence-electron chi connectivity index (χ4n) is 3.62. The van der Waals surface area contributed by atoms with Crippen molar-refractivity contribution in [2.45, 2.75) is 30.1 Å². The van der Waals surface area contributed by atoms with Gasteiger partial charge in [-0.15, -0.1) is 13.2 Å². The summed E-state index contributed by atoms with van der Waals surface area (Å²) in [6.45, 7) is 0. The molecule has 0 saturated heterocycles. The van der Waals surface area contributed by atoms with Crippen molar-refractivity contribution >= 4 is 33.2 Å². The average Bonchev–Trinajstić information content (AvgIpc) is 2.83. The highest BCUT2D eigenvalue weighted by atomic mass is 32.2. The Hall–Kier alpha value is -3.90. The Morgan fingerprint density at radius 2 is 1.67 bits per heavy atom. The molecule has 1 aliphatic rings. The molecule has 0 unspecified atom stereocenters. The Morgan fingerprint density at radius 1 is 0.972 bits per heavy atom. The van der Waals surface area contributed by atoms with Gasteiger partial charge in [-0.25, -0.2) is 8.42 Å². The van der Waals surface area contributed by atoms with Crippen LogP contribution in [-0.2, 0) is 26.0 Å². The average molecular weight is 520 g/mol. The Kier molecular flexibility index (Phi) is 7.00. The zero-order valence-corrected chi connectivity index (χ0v) is 19.3. The summed E-state index contributed by atoms with van der Waals surface area (Å²) < 4.78 is 69.7. The molecule has 2 amide bonds. The number of fused-ring (bicyclic) bond motifs is 1. The minimum absolute atomic E-state index is 0.0835. The van der Waals surface area contributed by atoms with Crippen molar-refractivity contribution in [1.29, 1.82) is 0 Å². The second-order valence-corrected chi connectivity index (χ2v) is 9.61. The number of hydrogen-bond donors (Lipinski definition) is 3. The van der Waals surface area contributed by atoms with E-state index in [-0.39, 0.29) is 22.9 Å². The van der Waals surface area contributed by atoms with Crippen LogP contribution in [0.5, 0.6) is 5.75 Å². The largest absolute Gasteiger partial charge is 0.573 e. The third-order valence-electron chi connectivity index (χ3n) is 5.31. The van der Waals surface area contributed by atoms with Crippen molar-refractivity contribution in [1.82, 2.24) is 4.72 Å². The van der Waals surface area contributed by atoms with Crippen LogP contribution in [0.15, 0.2) is 77.7 Å². The van der Waals surface area contributed by atoms with Crippen LogP contribution in [-0.4, -0.2) is 26.6 Å². The Labute approximate surface area is 204 Å². The van der Waals surface area contributed by atoms with E-state index < -0.39 is 34.1 Å². The van der Waals surface area contributed by atoms with Crippen molar-refractivity contribution < 1.29 is 35.9 Å². The van der Waals surface area contributed by atoms with Gasteiger partial charge in [0.25, 0.3) is 0 Å². The van der Waals surface area contributed by atoms with Crippen LogP contribution >= 0.6 is 0 Å². The van der Waals surface area contributed by atoms with E-state index in [2.05, 4.69) is 20.1 Å². The molecule has 3 aromatic rings. The van der Waals surface area contributed by atoms with Gasteiger partial charge in [-0.3, -0.25) is 9.59 Å². The second kappa shape index (κ2) is 9.99. The number of anilines is 2. The van der Waals surface area contributed by atoms with E-state index in [0.29, 0.717) is 23.2 Å². The molecule has 8 nitrogen and oxygen atoms in total. The lowest BCUT2D eigenvalue weighted by Gasteiger charge is -2.21. The molecular weight excluding hydrogens is 499 g/mol. The van der Waals surface area contributed by atoms with Crippen LogP contribution in [0.3, 0.4) is 0 Å². The van der Waals surface area contributed by atoms with Crippen molar-refractivity contribution in [3.63, 3.8) is 0 Å². The Bertz CT molecular complexity index is 1380. The number of ether oxygens (including phenoxy) is 1. The highest BCUT2D eigenvalue weighted by molar-refractivity contribution is 7.89. The smallest absolute Gasteiger partial charge is 0.406 e. The molecule has 0 saturated carbocycles. The molecule has 0 radical (unpaired) electrons. The summed E-state index contributed by atoms with van der Waals surface area (Å²) in [6, 6.07) is 15.5. The normalized spacial score (nSPS) is 14.4. The van der Waals surface area contributed by atoms with Gasteiger partial charge in [-0.05, 0) is 60.0 Å². The summed E-state index contributed by atoms with van der Waals surface area (Å²) in [6.07, 6.45) is -4.25. The molecule has 1 atom stereocenters. The van der Waals surface area contributed by atoms with Gasteiger partial charge >= 0.3 is 6.36 Å². The van der Waals surface area contributed by atoms with Gasteiger partial charge in [-0.2, -0.15) is 4.72 Å². The molecule has 36 heavy (non-hydrogen) atoms. The first-order chi connectivity index (χ1) is 17.0. The number of amides is 2. The van der Waals surface area contributed by atoms with Gasteiger partial charge < -0.3 is 15.4 Å². The Morgan fingerprint density at radius 3 is 2.33 bits per heavy atom. The van der Waals surface area contributed by atoms with E-state index in [1.807, 2.05) is 0 Å². The lowest BCUT2D eigenvalue weighted by molar-refractivity contribution is -0.274. The van der Waals surface area contributed by atoms with Crippen LogP contribution in [0.25, 0.3) is 0 Å². The highest BCUT2D eigenvalue weighted by Crippen LogP contribution is 2.28. The van der Waals surface area contributed by atoms with E-state index in [1.54, 1.807) is 30.3 Å². The van der Waals surface area contributed by atoms with Crippen molar-refractivity contribution in [3.8, 4) is 5.75 Å². The third-order valence-corrected chi connectivity index (χ3v) is 6.73. The number of carbonyl (C=O) groups excluding carboxylic acids is 2. The molecule has 3 aromatic carbocycles. The van der Waals surface area contributed by atoms with E-state index in [0.717, 1.165) is 12.1 Å². The van der Waals surface area contributed by atoms with Gasteiger partial charge in [0.2, 0.25) is 21.8 Å². The van der Waals surface area contributed by atoms with Crippen LogP contribution in [0.2, 0.25) is 0 Å². The van der Waals surface area contributed by atoms with Gasteiger partial charge in [0, 0.05) is 17.8 Å². The fraction of sp³-hybridized carbons (Fsp3) is 0.167. The molecule has 3 N–H and O–H groups in total. The number of hydrogen-bond acceptors (Lipinski definition) is 5. The molecule has 0 aliphatic carbocycles. The Balaban J connectivity index is 1.57. The maximum absolute atomic E-state index is 13.2. The monoisotopic (exact) mass is 519 g/mol.